The number of likely N-dealkylation sites (tertiary alicyclic amines) is 1. The first-order valence-corrected chi connectivity index (χ1v) is 12.3. The Morgan fingerprint density at radius 2 is 1.71 bits per heavy atom. The van der Waals surface area contributed by atoms with Crippen molar-refractivity contribution >= 4 is 10.9 Å². The van der Waals surface area contributed by atoms with E-state index in [0.29, 0.717) is 17.9 Å². The van der Waals surface area contributed by atoms with E-state index in [-0.39, 0.29) is 11.6 Å². The van der Waals surface area contributed by atoms with E-state index in [1.165, 1.54) is 12.8 Å². The Balaban J connectivity index is 1.62. The SMILES string of the molecule is COc1ccc(Cn2nnnc2C(c2cc3c(C)ccc(C)c3[nH]c2=O)N2CCCCCC2)cc1. The maximum absolute atomic E-state index is 13.5. The summed E-state index contributed by atoms with van der Waals surface area (Å²) in [6.45, 7) is 6.44. The number of rotatable bonds is 6. The molecule has 0 aliphatic carbocycles. The number of hydrogen-bond acceptors (Lipinski definition) is 6. The van der Waals surface area contributed by atoms with Crippen LogP contribution in [0.5, 0.6) is 5.75 Å². The molecule has 0 saturated carbocycles. The Hall–Kier alpha value is -3.52. The Morgan fingerprint density at radius 3 is 2.43 bits per heavy atom. The number of nitrogens with one attached hydrogen (secondary N) is 1. The Labute approximate surface area is 204 Å². The minimum absolute atomic E-state index is 0.0838. The summed E-state index contributed by atoms with van der Waals surface area (Å²) in [5, 5.41) is 13.9. The number of fused-ring (bicyclic) bond motifs is 1. The number of nitrogens with zero attached hydrogens (tertiary/aromatic N) is 5. The smallest absolute Gasteiger partial charge is 0.253 e. The molecule has 1 unspecified atom stereocenters. The first-order valence-electron chi connectivity index (χ1n) is 12.3. The monoisotopic (exact) mass is 472 g/mol. The van der Waals surface area contributed by atoms with Gasteiger partial charge >= 0.3 is 0 Å². The highest BCUT2D eigenvalue weighted by Crippen LogP contribution is 2.30. The van der Waals surface area contributed by atoms with E-state index < -0.39 is 0 Å². The summed E-state index contributed by atoms with van der Waals surface area (Å²) < 4.78 is 7.11. The number of aryl methyl sites for hydroxylation is 2. The van der Waals surface area contributed by atoms with Gasteiger partial charge in [0, 0.05) is 10.9 Å². The van der Waals surface area contributed by atoms with Crippen molar-refractivity contribution in [2.75, 3.05) is 20.2 Å². The van der Waals surface area contributed by atoms with Crippen LogP contribution in [0.1, 0.15) is 59.8 Å². The first kappa shape index (κ1) is 23.2. The summed E-state index contributed by atoms with van der Waals surface area (Å²) in [4.78, 5) is 19.1. The van der Waals surface area contributed by atoms with Gasteiger partial charge in [-0.2, -0.15) is 0 Å². The molecule has 2 aromatic heterocycles. The summed E-state index contributed by atoms with van der Waals surface area (Å²) in [5.41, 5.74) is 4.76. The van der Waals surface area contributed by atoms with Crippen molar-refractivity contribution < 1.29 is 4.74 Å². The zero-order valence-electron chi connectivity index (χ0n) is 20.6. The minimum atomic E-state index is -0.325. The molecule has 0 amide bonds. The van der Waals surface area contributed by atoms with Gasteiger partial charge in [-0.15, -0.1) is 5.10 Å². The second kappa shape index (κ2) is 10.00. The number of pyridine rings is 1. The van der Waals surface area contributed by atoms with Crippen LogP contribution in [-0.2, 0) is 6.54 Å². The van der Waals surface area contributed by atoms with Gasteiger partial charge in [-0.25, -0.2) is 4.68 Å². The lowest BCUT2D eigenvalue weighted by Crippen LogP contribution is -2.36. The number of hydrogen-bond donors (Lipinski definition) is 1. The molecule has 3 heterocycles. The quantitative estimate of drug-likeness (QED) is 0.453. The van der Waals surface area contributed by atoms with Gasteiger partial charge < -0.3 is 9.72 Å². The lowest BCUT2D eigenvalue weighted by molar-refractivity contribution is 0.220. The molecular weight excluding hydrogens is 440 g/mol. The van der Waals surface area contributed by atoms with Crippen molar-refractivity contribution in [1.29, 1.82) is 0 Å². The fourth-order valence-electron chi connectivity index (χ4n) is 5.07. The number of ether oxygens (including phenoxy) is 1. The predicted octanol–water partition coefficient (Wildman–Crippen LogP) is 4.15. The molecule has 1 aliphatic heterocycles. The van der Waals surface area contributed by atoms with Crippen LogP contribution in [0.4, 0.5) is 0 Å². The summed E-state index contributed by atoms with van der Waals surface area (Å²) >= 11 is 0. The van der Waals surface area contributed by atoms with E-state index in [1.807, 2.05) is 35.9 Å². The largest absolute Gasteiger partial charge is 0.497 e. The summed E-state index contributed by atoms with van der Waals surface area (Å²) in [6.07, 6.45) is 4.60. The third-order valence-electron chi connectivity index (χ3n) is 7.07. The van der Waals surface area contributed by atoms with Crippen molar-refractivity contribution in [3.05, 3.63) is 80.9 Å². The fourth-order valence-corrected chi connectivity index (χ4v) is 5.07. The third kappa shape index (κ3) is 4.71. The van der Waals surface area contributed by atoms with Gasteiger partial charge in [0.15, 0.2) is 5.82 Å². The number of tetrazole rings is 1. The lowest BCUT2D eigenvalue weighted by atomic mass is 9.99. The molecule has 1 fully saturated rings. The summed E-state index contributed by atoms with van der Waals surface area (Å²) in [7, 11) is 1.66. The standard InChI is InChI=1S/C27H32N6O2/c1-18-8-9-19(2)24-22(18)16-23(27(34)28-24)25(32-14-6-4-5-7-15-32)26-29-30-31-33(26)17-20-10-12-21(35-3)13-11-20/h8-13,16,25H,4-7,14-15,17H2,1-3H3,(H,28,34). The molecule has 8 nitrogen and oxygen atoms in total. The number of aromatic amines is 1. The van der Waals surface area contributed by atoms with Crippen LogP contribution in [-0.4, -0.2) is 50.3 Å². The normalized spacial score (nSPS) is 15.7. The topological polar surface area (TPSA) is 88.9 Å². The Kier molecular flexibility index (Phi) is 6.63. The van der Waals surface area contributed by atoms with Gasteiger partial charge in [0.25, 0.3) is 5.56 Å². The third-order valence-corrected chi connectivity index (χ3v) is 7.07. The molecule has 1 atom stereocenters. The minimum Gasteiger partial charge on any atom is -0.497 e. The van der Waals surface area contributed by atoms with Gasteiger partial charge in [0.2, 0.25) is 0 Å². The maximum Gasteiger partial charge on any atom is 0.253 e. The van der Waals surface area contributed by atoms with Gasteiger partial charge in [-0.05, 0) is 85.1 Å². The molecule has 4 aromatic rings. The molecule has 0 bridgehead atoms. The van der Waals surface area contributed by atoms with Crippen LogP contribution in [0.2, 0.25) is 0 Å². The van der Waals surface area contributed by atoms with E-state index in [4.69, 9.17) is 4.74 Å². The predicted molar refractivity (Wildman–Crippen MR) is 136 cm³/mol. The molecule has 2 aromatic carbocycles. The second-order valence-corrected chi connectivity index (χ2v) is 9.44. The molecule has 35 heavy (non-hydrogen) atoms. The Bertz CT molecular complexity index is 1370. The van der Waals surface area contributed by atoms with Gasteiger partial charge in [-0.3, -0.25) is 9.69 Å². The molecule has 1 saturated heterocycles. The number of H-pyrrole nitrogens is 1. The molecule has 0 spiro atoms. The van der Waals surface area contributed by atoms with Crippen LogP contribution in [0.3, 0.4) is 0 Å². The number of aromatic nitrogens is 5. The molecule has 1 N–H and O–H groups in total. The van der Waals surface area contributed by atoms with E-state index >= 15 is 0 Å². The summed E-state index contributed by atoms with van der Waals surface area (Å²) in [5.74, 6) is 1.50. The van der Waals surface area contributed by atoms with E-state index in [0.717, 1.165) is 59.3 Å². The molecular formula is C27H32N6O2. The first-order chi connectivity index (χ1) is 17.0. The van der Waals surface area contributed by atoms with Crippen molar-refractivity contribution in [2.24, 2.45) is 0 Å². The molecule has 182 valence electrons. The Morgan fingerprint density at radius 1 is 1.00 bits per heavy atom. The second-order valence-electron chi connectivity index (χ2n) is 9.44. The van der Waals surface area contributed by atoms with E-state index in [1.54, 1.807) is 7.11 Å². The highest BCUT2D eigenvalue weighted by Gasteiger charge is 2.31. The maximum atomic E-state index is 13.5. The van der Waals surface area contributed by atoms with Gasteiger partial charge in [-0.1, -0.05) is 37.1 Å². The van der Waals surface area contributed by atoms with Crippen molar-refractivity contribution in [1.82, 2.24) is 30.1 Å². The lowest BCUT2D eigenvalue weighted by Gasteiger charge is -2.29. The highest BCUT2D eigenvalue weighted by molar-refractivity contribution is 5.85. The van der Waals surface area contributed by atoms with Crippen molar-refractivity contribution in [3.8, 4) is 5.75 Å². The zero-order chi connectivity index (χ0) is 24.4. The van der Waals surface area contributed by atoms with Crippen molar-refractivity contribution in [3.63, 3.8) is 0 Å². The van der Waals surface area contributed by atoms with Crippen molar-refractivity contribution in [2.45, 2.75) is 52.1 Å². The molecule has 1 aliphatic rings. The van der Waals surface area contributed by atoms with Crippen LogP contribution in [0.25, 0.3) is 10.9 Å². The van der Waals surface area contributed by atoms with Gasteiger partial charge in [0.05, 0.1) is 19.2 Å². The van der Waals surface area contributed by atoms with Gasteiger partial charge in [0.1, 0.15) is 11.8 Å². The van der Waals surface area contributed by atoms with E-state index in [9.17, 15) is 4.79 Å². The average Bonchev–Trinajstić information content (AvgIpc) is 3.14. The van der Waals surface area contributed by atoms with Crippen LogP contribution >= 0.6 is 0 Å². The average molecular weight is 473 g/mol. The number of methoxy groups -OCH3 is 1. The molecule has 8 heteroatoms. The van der Waals surface area contributed by atoms with Crippen LogP contribution in [0.15, 0.2) is 47.3 Å². The summed E-state index contributed by atoms with van der Waals surface area (Å²) in [6, 6.07) is 13.8. The highest BCUT2D eigenvalue weighted by atomic mass is 16.5. The van der Waals surface area contributed by atoms with E-state index in [2.05, 4.69) is 50.5 Å². The molecule has 5 rings (SSSR count). The molecule has 0 radical (unpaired) electrons. The zero-order valence-corrected chi connectivity index (χ0v) is 20.6. The van der Waals surface area contributed by atoms with Crippen LogP contribution in [0, 0.1) is 13.8 Å². The number of benzene rings is 2. The van der Waals surface area contributed by atoms with Crippen LogP contribution < -0.4 is 10.3 Å². The fraction of sp³-hybridized carbons (Fsp3) is 0.407.